The second-order valence-corrected chi connectivity index (χ2v) is 7.60. The highest BCUT2D eigenvalue weighted by atomic mass is 79.9. The standard InChI is InChI=1S/C17H25BrN2O/c1-3-17(4-2)7-9-19(10-8-17)16(21)15-11-13(18)12-20(15)14-5-6-14/h11-12,14H,3-10H2,1-2H3. The lowest BCUT2D eigenvalue weighted by Crippen LogP contribution is -2.43. The largest absolute Gasteiger partial charge is 0.339 e. The molecule has 21 heavy (non-hydrogen) atoms. The number of piperidine rings is 1. The van der Waals surface area contributed by atoms with Crippen molar-refractivity contribution >= 4 is 21.8 Å². The van der Waals surface area contributed by atoms with Gasteiger partial charge >= 0.3 is 0 Å². The van der Waals surface area contributed by atoms with Crippen molar-refractivity contribution < 1.29 is 4.79 Å². The molecule has 1 aromatic rings. The van der Waals surface area contributed by atoms with E-state index in [4.69, 9.17) is 0 Å². The number of hydrogen-bond donors (Lipinski definition) is 0. The Bertz CT molecular complexity index is 519. The summed E-state index contributed by atoms with van der Waals surface area (Å²) in [4.78, 5) is 14.9. The quantitative estimate of drug-likeness (QED) is 0.775. The Labute approximate surface area is 135 Å². The van der Waals surface area contributed by atoms with E-state index in [0.29, 0.717) is 11.5 Å². The lowest BCUT2D eigenvalue weighted by Gasteiger charge is -2.41. The summed E-state index contributed by atoms with van der Waals surface area (Å²) in [6.07, 6.45) is 9.24. The molecule has 0 N–H and O–H groups in total. The van der Waals surface area contributed by atoms with E-state index in [1.165, 1.54) is 25.7 Å². The van der Waals surface area contributed by atoms with Crippen molar-refractivity contribution in [3.05, 3.63) is 22.4 Å². The van der Waals surface area contributed by atoms with Crippen LogP contribution in [0.5, 0.6) is 0 Å². The molecule has 0 radical (unpaired) electrons. The van der Waals surface area contributed by atoms with Gasteiger partial charge in [-0.2, -0.15) is 0 Å². The van der Waals surface area contributed by atoms with Gasteiger partial charge in [0.1, 0.15) is 5.69 Å². The van der Waals surface area contributed by atoms with E-state index in [9.17, 15) is 4.79 Å². The summed E-state index contributed by atoms with van der Waals surface area (Å²) in [6, 6.07) is 2.53. The van der Waals surface area contributed by atoms with E-state index in [1.54, 1.807) is 0 Å². The van der Waals surface area contributed by atoms with Crippen molar-refractivity contribution in [3.63, 3.8) is 0 Å². The van der Waals surface area contributed by atoms with E-state index < -0.39 is 0 Å². The highest BCUT2D eigenvalue weighted by Gasteiger charge is 2.35. The number of likely N-dealkylation sites (tertiary alicyclic amines) is 1. The number of halogens is 1. The molecule has 1 saturated heterocycles. The number of amides is 1. The molecule has 0 aromatic carbocycles. The molecular weight excluding hydrogens is 328 g/mol. The summed E-state index contributed by atoms with van der Waals surface area (Å²) in [5.41, 5.74) is 1.33. The molecule has 3 rings (SSSR count). The first-order chi connectivity index (χ1) is 10.1. The first-order valence-electron chi connectivity index (χ1n) is 8.25. The van der Waals surface area contributed by atoms with Crippen LogP contribution in [0.2, 0.25) is 0 Å². The summed E-state index contributed by atoms with van der Waals surface area (Å²) in [7, 11) is 0. The molecule has 1 amide bonds. The molecule has 2 heterocycles. The number of aromatic nitrogens is 1. The van der Waals surface area contributed by atoms with Crippen molar-refractivity contribution in [1.29, 1.82) is 0 Å². The first-order valence-corrected chi connectivity index (χ1v) is 9.04. The normalized spacial score (nSPS) is 21.6. The number of rotatable bonds is 4. The van der Waals surface area contributed by atoms with Crippen LogP contribution in [-0.4, -0.2) is 28.5 Å². The maximum atomic E-state index is 12.8. The molecule has 1 aromatic heterocycles. The van der Waals surface area contributed by atoms with Crippen LogP contribution >= 0.6 is 15.9 Å². The highest BCUT2D eigenvalue weighted by molar-refractivity contribution is 9.10. The van der Waals surface area contributed by atoms with Gasteiger partial charge in [0, 0.05) is 29.8 Å². The first kappa shape index (κ1) is 15.1. The molecule has 116 valence electrons. The van der Waals surface area contributed by atoms with Crippen LogP contribution in [0.3, 0.4) is 0 Å². The molecule has 3 nitrogen and oxygen atoms in total. The fourth-order valence-electron chi connectivity index (χ4n) is 3.58. The Morgan fingerprint density at radius 2 is 1.90 bits per heavy atom. The van der Waals surface area contributed by atoms with Crippen molar-refractivity contribution in [2.45, 2.75) is 58.4 Å². The number of nitrogens with zero attached hydrogens (tertiary/aromatic N) is 2. The topological polar surface area (TPSA) is 25.2 Å². The van der Waals surface area contributed by atoms with Gasteiger partial charge < -0.3 is 9.47 Å². The molecule has 2 aliphatic rings. The van der Waals surface area contributed by atoms with Crippen LogP contribution in [0.4, 0.5) is 0 Å². The van der Waals surface area contributed by atoms with Crippen LogP contribution in [0.25, 0.3) is 0 Å². The second kappa shape index (κ2) is 5.79. The van der Waals surface area contributed by atoms with Gasteiger partial charge in [0.2, 0.25) is 0 Å². The summed E-state index contributed by atoms with van der Waals surface area (Å²) in [6.45, 7) is 6.40. The van der Waals surface area contributed by atoms with Gasteiger partial charge in [-0.25, -0.2) is 0 Å². The summed E-state index contributed by atoms with van der Waals surface area (Å²) in [5, 5.41) is 0. The molecule has 1 saturated carbocycles. The smallest absolute Gasteiger partial charge is 0.270 e. The Hall–Kier alpha value is -0.770. The van der Waals surface area contributed by atoms with Crippen LogP contribution < -0.4 is 0 Å². The monoisotopic (exact) mass is 352 g/mol. The summed E-state index contributed by atoms with van der Waals surface area (Å²) in [5.74, 6) is 0.216. The molecule has 4 heteroatoms. The Morgan fingerprint density at radius 1 is 1.29 bits per heavy atom. The minimum absolute atomic E-state index is 0.216. The fraction of sp³-hybridized carbons (Fsp3) is 0.706. The van der Waals surface area contributed by atoms with Crippen molar-refractivity contribution in [2.75, 3.05) is 13.1 Å². The van der Waals surface area contributed by atoms with E-state index in [1.807, 2.05) is 6.07 Å². The predicted molar refractivity (Wildman–Crippen MR) is 88.6 cm³/mol. The second-order valence-electron chi connectivity index (χ2n) is 6.68. The average molecular weight is 353 g/mol. The Morgan fingerprint density at radius 3 is 2.43 bits per heavy atom. The van der Waals surface area contributed by atoms with Crippen molar-refractivity contribution in [1.82, 2.24) is 9.47 Å². The van der Waals surface area contributed by atoms with Crippen LogP contribution in [0.1, 0.15) is 68.9 Å². The molecule has 2 fully saturated rings. The molecule has 1 aliphatic carbocycles. The summed E-state index contributed by atoms with van der Waals surface area (Å²) >= 11 is 3.52. The van der Waals surface area contributed by atoms with E-state index in [2.05, 4.69) is 45.4 Å². The van der Waals surface area contributed by atoms with Gasteiger partial charge in [0.15, 0.2) is 0 Å². The third kappa shape index (κ3) is 2.92. The maximum absolute atomic E-state index is 12.8. The van der Waals surface area contributed by atoms with E-state index >= 15 is 0 Å². The van der Waals surface area contributed by atoms with Gasteiger partial charge in [-0.3, -0.25) is 4.79 Å². The molecule has 0 unspecified atom stereocenters. The zero-order valence-electron chi connectivity index (χ0n) is 13.1. The van der Waals surface area contributed by atoms with Crippen LogP contribution in [-0.2, 0) is 0 Å². The SMILES string of the molecule is CCC1(CC)CCN(C(=O)c2cc(Br)cn2C2CC2)CC1. The van der Waals surface area contributed by atoms with Gasteiger partial charge in [-0.1, -0.05) is 26.7 Å². The predicted octanol–water partition coefficient (Wildman–Crippen LogP) is 4.63. The maximum Gasteiger partial charge on any atom is 0.270 e. The third-order valence-electron chi connectivity index (χ3n) is 5.59. The number of hydrogen-bond acceptors (Lipinski definition) is 1. The Balaban J connectivity index is 1.72. The highest BCUT2D eigenvalue weighted by Crippen LogP contribution is 2.40. The van der Waals surface area contributed by atoms with Crippen LogP contribution in [0, 0.1) is 5.41 Å². The molecule has 0 atom stereocenters. The van der Waals surface area contributed by atoms with E-state index in [0.717, 1.165) is 36.1 Å². The molecular formula is C17H25BrN2O. The van der Waals surface area contributed by atoms with Crippen molar-refractivity contribution in [3.8, 4) is 0 Å². The number of carbonyl (C=O) groups is 1. The van der Waals surface area contributed by atoms with Gasteiger partial charge in [0.25, 0.3) is 5.91 Å². The fourth-order valence-corrected chi connectivity index (χ4v) is 4.01. The molecule has 1 aliphatic heterocycles. The molecule has 0 spiro atoms. The van der Waals surface area contributed by atoms with Gasteiger partial charge in [-0.15, -0.1) is 0 Å². The van der Waals surface area contributed by atoms with Gasteiger partial charge in [-0.05, 0) is 53.1 Å². The number of carbonyl (C=O) groups excluding carboxylic acids is 1. The molecule has 0 bridgehead atoms. The van der Waals surface area contributed by atoms with E-state index in [-0.39, 0.29) is 5.91 Å². The zero-order chi connectivity index (χ0) is 15.0. The Kier molecular flexibility index (Phi) is 4.17. The zero-order valence-corrected chi connectivity index (χ0v) is 14.7. The minimum atomic E-state index is 0.216. The lowest BCUT2D eigenvalue weighted by molar-refractivity contribution is 0.0547. The van der Waals surface area contributed by atoms with Crippen molar-refractivity contribution in [2.24, 2.45) is 5.41 Å². The summed E-state index contributed by atoms with van der Waals surface area (Å²) < 4.78 is 3.19. The minimum Gasteiger partial charge on any atom is -0.339 e. The third-order valence-corrected chi connectivity index (χ3v) is 6.02. The van der Waals surface area contributed by atoms with Crippen LogP contribution in [0.15, 0.2) is 16.7 Å². The van der Waals surface area contributed by atoms with Gasteiger partial charge in [0.05, 0.1) is 0 Å². The average Bonchev–Trinajstić information content (AvgIpc) is 3.29. The lowest BCUT2D eigenvalue weighted by atomic mass is 9.74.